The Kier molecular flexibility index (Phi) is 3.62. The van der Waals surface area contributed by atoms with E-state index in [1.807, 2.05) is 0 Å². The first kappa shape index (κ1) is 14.0. The molecule has 0 radical (unpaired) electrons. The fourth-order valence-corrected chi connectivity index (χ4v) is 3.50. The van der Waals surface area contributed by atoms with Crippen LogP contribution in [-0.2, 0) is 0 Å². The van der Waals surface area contributed by atoms with Gasteiger partial charge in [0.05, 0.1) is 4.92 Å². The Bertz CT molecular complexity index is 564. The monoisotopic (exact) mass is 292 g/mol. The molecule has 2 aliphatic rings. The lowest BCUT2D eigenvalue weighted by atomic mass is 9.99. The summed E-state index contributed by atoms with van der Waals surface area (Å²) in [6, 6.07) is 0.632. The van der Waals surface area contributed by atoms with Crippen molar-refractivity contribution in [2.45, 2.75) is 44.7 Å². The van der Waals surface area contributed by atoms with E-state index in [0.717, 1.165) is 25.9 Å². The van der Waals surface area contributed by atoms with Gasteiger partial charge >= 0.3 is 5.69 Å². The Morgan fingerprint density at radius 1 is 1.33 bits per heavy atom. The van der Waals surface area contributed by atoms with E-state index in [4.69, 9.17) is 5.73 Å². The SMILES string of the molecule is Cc1nc(N)nc(NC2CCN3CCCCC23)c1[N+](=O)[O-]. The molecule has 0 spiro atoms. The number of nitrogens with zero attached hydrogens (tertiary/aromatic N) is 4. The molecular weight excluding hydrogens is 272 g/mol. The van der Waals surface area contributed by atoms with E-state index in [0.29, 0.717) is 11.7 Å². The summed E-state index contributed by atoms with van der Waals surface area (Å²) in [5.41, 5.74) is 5.87. The van der Waals surface area contributed by atoms with Gasteiger partial charge in [-0.2, -0.15) is 4.98 Å². The number of rotatable bonds is 3. The van der Waals surface area contributed by atoms with Crippen LogP contribution >= 0.6 is 0 Å². The highest BCUT2D eigenvalue weighted by Gasteiger charge is 2.37. The molecule has 1 aromatic rings. The van der Waals surface area contributed by atoms with Crippen molar-refractivity contribution in [3.63, 3.8) is 0 Å². The Balaban J connectivity index is 1.86. The lowest BCUT2D eigenvalue weighted by molar-refractivity contribution is -0.385. The van der Waals surface area contributed by atoms with Crippen LogP contribution < -0.4 is 11.1 Å². The van der Waals surface area contributed by atoms with Crippen LogP contribution in [0.1, 0.15) is 31.4 Å². The molecule has 21 heavy (non-hydrogen) atoms. The number of aryl methyl sites for hydroxylation is 1. The largest absolute Gasteiger partial charge is 0.368 e. The van der Waals surface area contributed by atoms with Crippen LogP contribution in [0.5, 0.6) is 0 Å². The molecule has 2 unspecified atom stereocenters. The summed E-state index contributed by atoms with van der Waals surface area (Å²) in [6.07, 6.45) is 4.56. The van der Waals surface area contributed by atoms with Crippen LogP contribution in [-0.4, -0.2) is 45.0 Å². The topological polar surface area (TPSA) is 110 Å². The van der Waals surface area contributed by atoms with Crippen molar-refractivity contribution in [2.75, 3.05) is 24.1 Å². The van der Waals surface area contributed by atoms with Crippen LogP contribution in [0.15, 0.2) is 0 Å². The Hall–Kier alpha value is -1.96. The minimum atomic E-state index is -0.440. The fourth-order valence-electron chi connectivity index (χ4n) is 3.50. The van der Waals surface area contributed by atoms with Crippen molar-refractivity contribution >= 4 is 17.5 Å². The van der Waals surface area contributed by atoms with Crippen LogP contribution in [0.2, 0.25) is 0 Å². The van der Waals surface area contributed by atoms with E-state index in [1.165, 1.54) is 12.8 Å². The number of nitrogens with one attached hydrogen (secondary N) is 1. The molecule has 2 aliphatic heterocycles. The molecule has 3 N–H and O–H groups in total. The predicted octanol–water partition coefficient (Wildman–Crippen LogP) is 1.31. The van der Waals surface area contributed by atoms with E-state index in [1.54, 1.807) is 6.92 Å². The number of hydrogen-bond acceptors (Lipinski definition) is 7. The average Bonchev–Trinajstić information content (AvgIpc) is 2.81. The zero-order valence-electron chi connectivity index (χ0n) is 12.1. The summed E-state index contributed by atoms with van der Waals surface area (Å²) >= 11 is 0. The molecular formula is C13H20N6O2. The number of piperidine rings is 1. The first-order valence-electron chi connectivity index (χ1n) is 7.35. The van der Waals surface area contributed by atoms with Gasteiger partial charge in [0, 0.05) is 18.6 Å². The molecule has 1 aromatic heterocycles. The summed E-state index contributed by atoms with van der Waals surface area (Å²) < 4.78 is 0. The van der Waals surface area contributed by atoms with E-state index in [2.05, 4.69) is 20.2 Å². The maximum Gasteiger partial charge on any atom is 0.332 e. The maximum atomic E-state index is 11.2. The van der Waals surface area contributed by atoms with Gasteiger partial charge in [0.15, 0.2) is 0 Å². The second kappa shape index (κ2) is 5.44. The van der Waals surface area contributed by atoms with Crippen LogP contribution in [0.25, 0.3) is 0 Å². The minimum absolute atomic E-state index is 0.0686. The third-order valence-electron chi connectivity index (χ3n) is 4.44. The highest BCUT2D eigenvalue weighted by atomic mass is 16.6. The summed E-state index contributed by atoms with van der Waals surface area (Å²) in [6.45, 7) is 3.74. The molecule has 2 fully saturated rings. The fraction of sp³-hybridized carbons (Fsp3) is 0.692. The smallest absolute Gasteiger partial charge is 0.332 e. The lowest BCUT2D eigenvalue weighted by Gasteiger charge is -2.32. The summed E-state index contributed by atoms with van der Waals surface area (Å²) in [7, 11) is 0. The number of hydrogen-bond donors (Lipinski definition) is 2. The minimum Gasteiger partial charge on any atom is -0.368 e. The van der Waals surface area contributed by atoms with E-state index >= 15 is 0 Å². The molecule has 0 aliphatic carbocycles. The summed E-state index contributed by atoms with van der Waals surface area (Å²) in [4.78, 5) is 21.2. The number of aromatic nitrogens is 2. The van der Waals surface area contributed by atoms with E-state index < -0.39 is 4.92 Å². The number of nitrogen functional groups attached to an aromatic ring is 1. The van der Waals surface area contributed by atoms with E-state index in [-0.39, 0.29) is 23.5 Å². The molecule has 2 atom stereocenters. The molecule has 8 heteroatoms. The molecule has 114 valence electrons. The summed E-state index contributed by atoms with van der Waals surface area (Å²) in [5, 5.41) is 14.5. The Labute approximate surface area is 122 Å². The van der Waals surface area contributed by atoms with E-state index in [9.17, 15) is 10.1 Å². The molecule has 0 aromatic carbocycles. The first-order chi connectivity index (χ1) is 10.1. The number of nitrogens with two attached hydrogens (primary N) is 1. The van der Waals surface area contributed by atoms with Gasteiger partial charge in [0.1, 0.15) is 5.69 Å². The number of fused-ring (bicyclic) bond motifs is 1. The zero-order valence-corrected chi connectivity index (χ0v) is 12.1. The van der Waals surface area contributed by atoms with Crippen LogP contribution in [0, 0.1) is 17.0 Å². The number of anilines is 2. The van der Waals surface area contributed by atoms with Crippen molar-refractivity contribution < 1.29 is 4.92 Å². The van der Waals surface area contributed by atoms with Crippen molar-refractivity contribution in [1.82, 2.24) is 14.9 Å². The quantitative estimate of drug-likeness (QED) is 0.638. The summed E-state index contributed by atoms with van der Waals surface area (Å²) in [5.74, 6) is 0.321. The Morgan fingerprint density at radius 2 is 2.14 bits per heavy atom. The van der Waals surface area contributed by atoms with Gasteiger partial charge in [-0.05, 0) is 32.7 Å². The van der Waals surface area contributed by atoms with Gasteiger partial charge in [-0.1, -0.05) is 6.42 Å². The molecule has 0 bridgehead atoms. The van der Waals surface area contributed by atoms with Gasteiger partial charge in [-0.25, -0.2) is 4.98 Å². The van der Waals surface area contributed by atoms with Gasteiger partial charge in [-0.15, -0.1) is 0 Å². The molecule has 2 saturated heterocycles. The third-order valence-corrected chi connectivity index (χ3v) is 4.44. The second-order valence-corrected chi connectivity index (χ2v) is 5.76. The highest BCUT2D eigenvalue weighted by molar-refractivity contribution is 5.60. The normalized spacial score (nSPS) is 25.6. The van der Waals surface area contributed by atoms with Crippen molar-refractivity contribution in [3.8, 4) is 0 Å². The molecule has 3 heterocycles. The average molecular weight is 292 g/mol. The standard InChI is InChI=1S/C13H20N6O2/c1-8-11(19(20)21)12(17-13(14)15-8)16-9-5-7-18-6-3-2-4-10(9)18/h9-10H,2-7H2,1H3,(H3,14,15,16,17). The first-order valence-corrected chi connectivity index (χ1v) is 7.35. The van der Waals surface area contributed by atoms with Crippen LogP contribution in [0.4, 0.5) is 17.5 Å². The van der Waals surface area contributed by atoms with Gasteiger partial charge in [0.2, 0.25) is 11.8 Å². The highest BCUT2D eigenvalue weighted by Crippen LogP contribution is 2.32. The third kappa shape index (κ3) is 2.63. The van der Waals surface area contributed by atoms with Gasteiger partial charge in [0.25, 0.3) is 0 Å². The maximum absolute atomic E-state index is 11.2. The molecule has 0 saturated carbocycles. The van der Waals surface area contributed by atoms with Crippen LogP contribution in [0.3, 0.4) is 0 Å². The molecule has 8 nitrogen and oxygen atoms in total. The van der Waals surface area contributed by atoms with Gasteiger partial charge < -0.3 is 11.1 Å². The number of nitro groups is 1. The predicted molar refractivity (Wildman–Crippen MR) is 79.1 cm³/mol. The lowest BCUT2D eigenvalue weighted by Crippen LogP contribution is -2.42. The molecule has 0 amide bonds. The van der Waals surface area contributed by atoms with Crippen molar-refractivity contribution in [2.24, 2.45) is 0 Å². The second-order valence-electron chi connectivity index (χ2n) is 5.76. The molecule has 3 rings (SSSR count). The van der Waals surface area contributed by atoms with Gasteiger partial charge in [-0.3, -0.25) is 15.0 Å². The van der Waals surface area contributed by atoms with Crippen molar-refractivity contribution in [1.29, 1.82) is 0 Å². The zero-order chi connectivity index (χ0) is 15.0. The Morgan fingerprint density at radius 3 is 2.90 bits per heavy atom. The van der Waals surface area contributed by atoms with Crippen molar-refractivity contribution in [3.05, 3.63) is 15.8 Å².